The van der Waals surface area contributed by atoms with E-state index in [2.05, 4.69) is 15.5 Å². The fourth-order valence-electron chi connectivity index (χ4n) is 5.05. The Hall–Kier alpha value is -3.50. The number of piperidine rings is 1. The molecule has 0 aliphatic carbocycles. The summed E-state index contributed by atoms with van der Waals surface area (Å²) in [5.74, 6) is -2.35. The fourth-order valence-corrected chi connectivity index (χ4v) is 5.22. The second-order valence-electron chi connectivity index (χ2n) is 8.86. The van der Waals surface area contributed by atoms with Gasteiger partial charge in [0.25, 0.3) is 5.91 Å². The number of carbonyl (C=O) groups is 3. The molecule has 3 aromatic rings. The Balaban J connectivity index is 1.34. The van der Waals surface area contributed by atoms with Gasteiger partial charge in [0.15, 0.2) is 11.7 Å². The van der Waals surface area contributed by atoms with Crippen LogP contribution in [0.2, 0.25) is 5.02 Å². The van der Waals surface area contributed by atoms with Crippen LogP contribution in [0.15, 0.2) is 42.5 Å². The number of likely N-dealkylation sites (tertiary alicyclic amines) is 1. The minimum atomic E-state index is -1.09. The van der Waals surface area contributed by atoms with E-state index in [0.29, 0.717) is 47.5 Å². The highest BCUT2D eigenvalue weighted by Crippen LogP contribution is 2.35. The summed E-state index contributed by atoms with van der Waals surface area (Å²) >= 11 is 6.04. The van der Waals surface area contributed by atoms with Crippen molar-refractivity contribution in [3.05, 3.63) is 64.6 Å². The molecule has 0 spiro atoms. The number of methoxy groups -OCH3 is 1. The van der Waals surface area contributed by atoms with Gasteiger partial charge in [-0.15, -0.1) is 0 Å². The van der Waals surface area contributed by atoms with Crippen molar-refractivity contribution in [2.45, 2.75) is 31.0 Å². The van der Waals surface area contributed by atoms with Crippen molar-refractivity contribution >= 4 is 40.3 Å². The lowest BCUT2D eigenvalue weighted by Crippen LogP contribution is -2.56. The Bertz CT molecular complexity index is 1310. The minimum absolute atomic E-state index is 0.248. The molecule has 9 nitrogen and oxygen atoms in total. The van der Waals surface area contributed by atoms with Gasteiger partial charge in [0.05, 0.1) is 30.7 Å². The van der Waals surface area contributed by atoms with E-state index in [4.69, 9.17) is 21.1 Å². The number of halogens is 2. The number of nitrogens with one attached hydrogen (secondary N) is 2. The molecular formula is C25H24ClFN4O5. The minimum Gasteiger partial charge on any atom is -0.467 e. The van der Waals surface area contributed by atoms with Gasteiger partial charge in [-0.25, -0.2) is 9.18 Å². The summed E-state index contributed by atoms with van der Waals surface area (Å²) in [5.41, 5.74) is 1.35. The molecule has 1 unspecified atom stereocenters. The zero-order chi connectivity index (χ0) is 25.4. The molecular weight excluding hydrogens is 491 g/mol. The number of aromatic amines is 1. The summed E-state index contributed by atoms with van der Waals surface area (Å²) < 4.78 is 24.1. The third-order valence-corrected chi connectivity index (χ3v) is 7.07. The van der Waals surface area contributed by atoms with E-state index in [9.17, 15) is 18.8 Å². The Morgan fingerprint density at radius 1 is 1.22 bits per heavy atom. The maximum atomic E-state index is 13.5. The summed E-state index contributed by atoms with van der Waals surface area (Å²) in [5, 5.41) is 11.0. The normalized spacial score (nSPS) is 22.2. The highest BCUT2D eigenvalue weighted by molar-refractivity contribution is 6.31. The predicted octanol–water partition coefficient (Wildman–Crippen LogP) is 3.01. The van der Waals surface area contributed by atoms with Crippen LogP contribution < -0.4 is 5.32 Å². The van der Waals surface area contributed by atoms with Gasteiger partial charge in [-0.3, -0.25) is 14.7 Å². The first-order valence-electron chi connectivity index (χ1n) is 11.6. The van der Waals surface area contributed by atoms with Gasteiger partial charge in [-0.2, -0.15) is 5.10 Å². The van der Waals surface area contributed by atoms with E-state index < -0.39 is 35.8 Å². The summed E-state index contributed by atoms with van der Waals surface area (Å²) in [6.07, 6.45) is 0.380. The van der Waals surface area contributed by atoms with E-state index in [1.54, 1.807) is 23.1 Å². The molecule has 4 atom stereocenters. The number of nitrogens with zero attached hydrogens (tertiary/aromatic N) is 2. The second kappa shape index (κ2) is 9.87. The van der Waals surface area contributed by atoms with Crippen LogP contribution in [0, 0.1) is 11.7 Å². The van der Waals surface area contributed by atoms with Crippen molar-refractivity contribution in [3.8, 4) is 0 Å². The first-order valence-corrected chi connectivity index (χ1v) is 11.9. The molecule has 0 radical (unpaired) electrons. The van der Waals surface area contributed by atoms with Crippen LogP contribution in [0.5, 0.6) is 0 Å². The zero-order valence-corrected chi connectivity index (χ0v) is 20.1. The van der Waals surface area contributed by atoms with Gasteiger partial charge in [0, 0.05) is 23.6 Å². The molecule has 11 heteroatoms. The van der Waals surface area contributed by atoms with Crippen LogP contribution in [0.3, 0.4) is 0 Å². The van der Waals surface area contributed by atoms with Gasteiger partial charge >= 0.3 is 5.97 Å². The molecule has 0 saturated carbocycles. The molecule has 188 valence electrons. The average Bonchev–Trinajstić information content (AvgIpc) is 3.53. The Morgan fingerprint density at radius 3 is 2.75 bits per heavy atom. The SMILES string of the molecule is COC(=O)C(NC(=O)[C@H]1CCN(C(=O)c2n[nH]c3cc(Cl)ccc23)[C@@H]2CCO[C@H]12)c1ccc(F)cc1. The number of ether oxygens (including phenoxy) is 2. The Labute approximate surface area is 210 Å². The van der Waals surface area contributed by atoms with Crippen molar-refractivity contribution in [2.24, 2.45) is 5.92 Å². The third-order valence-electron chi connectivity index (χ3n) is 6.83. The van der Waals surface area contributed by atoms with E-state index in [-0.39, 0.29) is 17.6 Å². The highest BCUT2D eigenvalue weighted by Gasteiger charge is 2.48. The van der Waals surface area contributed by atoms with Gasteiger partial charge < -0.3 is 19.7 Å². The summed E-state index contributed by atoms with van der Waals surface area (Å²) in [6.45, 7) is 0.723. The molecule has 0 bridgehead atoms. The standard InChI is InChI=1S/C25H24ClFN4O5/c1-35-25(34)20(13-2-5-15(27)6-3-13)28-23(32)17-8-10-31(19-9-11-36-22(17)19)24(33)21-16-7-4-14(26)12-18(16)29-30-21/h2-7,12,17,19-20,22H,8-11H2,1H3,(H,28,32)(H,29,30)/t17-,19+,20?,22+/m0/s1. The zero-order valence-electron chi connectivity index (χ0n) is 19.4. The monoisotopic (exact) mass is 514 g/mol. The third kappa shape index (κ3) is 4.42. The average molecular weight is 515 g/mol. The highest BCUT2D eigenvalue weighted by atomic mass is 35.5. The molecule has 2 fully saturated rings. The van der Waals surface area contributed by atoms with E-state index >= 15 is 0 Å². The molecule has 36 heavy (non-hydrogen) atoms. The first-order chi connectivity index (χ1) is 17.4. The van der Waals surface area contributed by atoms with Crippen LogP contribution in [0.4, 0.5) is 4.39 Å². The predicted molar refractivity (Wildman–Crippen MR) is 128 cm³/mol. The number of H-pyrrole nitrogens is 1. The number of amides is 2. The fraction of sp³-hybridized carbons (Fsp3) is 0.360. The molecule has 5 rings (SSSR count). The first kappa shape index (κ1) is 24.2. The van der Waals surface area contributed by atoms with Crippen molar-refractivity contribution in [1.29, 1.82) is 0 Å². The number of carbonyl (C=O) groups excluding carboxylic acids is 3. The Kier molecular flexibility index (Phi) is 6.63. The number of aromatic nitrogens is 2. The number of esters is 1. The van der Waals surface area contributed by atoms with Gasteiger partial charge in [0.2, 0.25) is 5.91 Å². The smallest absolute Gasteiger partial charge is 0.333 e. The van der Waals surface area contributed by atoms with Crippen LogP contribution in [0.1, 0.15) is 34.9 Å². The molecule has 2 saturated heterocycles. The molecule has 2 aromatic carbocycles. The maximum Gasteiger partial charge on any atom is 0.333 e. The second-order valence-corrected chi connectivity index (χ2v) is 9.30. The molecule has 2 amide bonds. The number of hydrogen-bond donors (Lipinski definition) is 2. The van der Waals surface area contributed by atoms with Crippen molar-refractivity contribution in [1.82, 2.24) is 20.4 Å². The summed E-state index contributed by atoms with van der Waals surface area (Å²) in [7, 11) is 1.22. The van der Waals surface area contributed by atoms with Gasteiger partial charge in [0.1, 0.15) is 5.82 Å². The summed E-state index contributed by atoms with van der Waals surface area (Å²) in [6, 6.07) is 9.02. The van der Waals surface area contributed by atoms with Crippen molar-refractivity contribution < 1.29 is 28.2 Å². The van der Waals surface area contributed by atoms with Crippen LogP contribution >= 0.6 is 11.6 Å². The van der Waals surface area contributed by atoms with E-state index in [0.717, 1.165) is 0 Å². The largest absolute Gasteiger partial charge is 0.467 e. The quantitative estimate of drug-likeness (QED) is 0.506. The number of hydrogen-bond acceptors (Lipinski definition) is 6. The number of fused-ring (bicyclic) bond motifs is 2. The Morgan fingerprint density at radius 2 is 2.00 bits per heavy atom. The lowest BCUT2D eigenvalue weighted by Gasteiger charge is -2.40. The van der Waals surface area contributed by atoms with Crippen molar-refractivity contribution in [3.63, 3.8) is 0 Å². The van der Waals surface area contributed by atoms with Gasteiger partial charge in [-0.1, -0.05) is 23.7 Å². The lowest BCUT2D eigenvalue weighted by molar-refractivity contribution is -0.147. The topological polar surface area (TPSA) is 114 Å². The molecule has 2 N–H and O–H groups in total. The number of benzene rings is 2. The number of rotatable bonds is 5. The van der Waals surface area contributed by atoms with Crippen molar-refractivity contribution in [2.75, 3.05) is 20.3 Å². The molecule has 1 aromatic heterocycles. The van der Waals surface area contributed by atoms with Crippen LogP contribution in [-0.4, -0.2) is 65.3 Å². The van der Waals surface area contributed by atoms with Crippen LogP contribution in [0.25, 0.3) is 10.9 Å². The van der Waals surface area contributed by atoms with Crippen LogP contribution in [-0.2, 0) is 19.1 Å². The molecule has 2 aliphatic rings. The van der Waals surface area contributed by atoms with E-state index in [1.807, 2.05) is 0 Å². The molecule has 3 heterocycles. The maximum absolute atomic E-state index is 13.5. The summed E-state index contributed by atoms with van der Waals surface area (Å²) in [4.78, 5) is 40.9. The molecule has 2 aliphatic heterocycles. The van der Waals surface area contributed by atoms with E-state index in [1.165, 1.54) is 31.4 Å². The lowest BCUT2D eigenvalue weighted by atomic mass is 9.86. The van der Waals surface area contributed by atoms with Gasteiger partial charge in [-0.05, 0) is 48.7 Å².